The third-order valence-corrected chi connectivity index (χ3v) is 4.93. The topological polar surface area (TPSA) is 75.0 Å². The zero-order valence-corrected chi connectivity index (χ0v) is 14.7. The van der Waals surface area contributed by atoms with Gasteiger partial charge >= 0.3 is 0 Å². The van der Waals surface area contributed by atoms with Crippen LogP contribution in [0.5, 0.6) is 0 Å². The Morgan fingerprint density at radius 2 is 1.78 bits per heavy atom. The van der Waals surface area contributed by atoms with Crippen molar-refractivity contribution in [1.82, 2.24) is 15.0 Å². The first-order valence-corrected chi connectivity index (χ1v) is 9.07. The average molecular weight is 358 g/mol. The highest BCUT2D eigenvalue weighted by Gasteiger charge is 2.15. The Bertz CT molecular complexity index is 1130. The summed E-state index contributed by atoms with van der Waals surface area (Å²) >= 11 is 0. The lowest BCUT2D eigenvalue weighted by Crippen LogP contribution is -2.18. The van der Waals surface area contributed by atoms with Gasteiger partial charge in [-0.05, 0) is 54.3 Å². The summed E-state index contributed by atoms with van der Waals surface area (Å²) in [5, 5.41) is 0. The molecule has 27 heavy (non-hydrogen) atoms. The van der Waals surface area contributed by atoms with Gasteiger partial charge in [0, 0.05) is 31.5 Å². The van der Waals surface area contributed by atoms with E-state index in [-0.39, 0.29) is 5.56 Å². The minimum Gasteiger partial charge on any atom is -0.436 e. The minimum atomic E-state index is -0.117. The monoisotopic (exact) mass is 358 g/mol. The average Bonchev–Trinajstić information content (AvgIpc) is 3.38. The molecule has 5 rings (SSSR count). The van der Waals surface area contributed by atoms with Crippen LogP contribution in [0, 0.1) is 0 Å². The molecule has 134 valence electrons. The zero-order valence-electron chi connectivity index (χ0n) is 14.7. The number of hydrogen-bond acceptors (Lipinski definition) is 5. The molecule has 6 nitrogen and oxygen atoms in total. The quantitative estimate of drug-likeness (QED) is 0.602. The molecule has 1 saturated heterocycles. The van der Waals surface area contributed by atoms with Crippen LogP contribution < -0.4 is 10.5 Å². The molecule has 4 heterocycles. The van der Waals surface area contributed by atoms with Crippen molar-refractivity contribution in [3.63, 3.8) is 0 Å². The van der Waals surface area contributed by atoms with Crippen LogP contribution in [0.25, 0.3) is 33.7 Å². The van der Waals surface area contributed by atoms with Crippen LogP contribution in [0.3, 0.4) is 0 Å². The van der Waals surface area contributed by atoms with E-state index in [9.17, 15) is 4.79 Å². The summed E-state index contributed by atoms with van der Waals surface area (Å²) in [5.74, 6) is 1.57. The van der Waals surface area contributed by atoms with Crippen molar-refractivity contribution in [2.75, 3.05) is 18.0 Å². The van der Waals surface area contributed by atoms with Gasteiger partial charge in [0.1, 0.15) is 11.3 Å². The van der Waals surface area contributed by atoms with Crippen LogP contribution in [0.15, 0.2) is 64.1 Å². The van der Waals surface area contributed by atoms with E-state index in [0.717, 1.165) is 46.7 Å². The van der Waals surface area contributed by atoms with Gasteiger partial charge in [0.05, 0.1) is 5.56 Å². The summed E-state index contributed by atoms with van der Waals surface area (Å²) in [5.41, 5.74) is 4.14. The van der Waals surface area contributed by atoms with Crippen molar-refractivity contribution in [2.45, 2.75) is 12.8 Å². The smallest absolute Gasteiger partial charge is 0.247 e. The van der Waals surface area contributed by atoms with Crippen molar-refractivity contribution >= 4 is 16.9 Å². The largest absolute Gasteiger partial charge is 0.436 e. The van der Waals surface area contributed by atoms with E-state index in [1.807, 2.05) is 36.5 Å². The second-order valence-corrected chi connectivity index (χ2v) is 6.74. The highest BCUT2D eigenvalue weighted by Crippen LogP contribution is 2.28. The Balaban J connectivity index is 1.47. The van der Waals surface area contributed by atoms with Crippen LogP contribution in [0.1, 0.15) is 12.8 Å². The lowest BCUT2D eigenvalue weighted by Gasteiger charge is -2.15. The van der Waals surface area contributed by atoms with E-state index in [1.54, 1.807) is 12.3 Å². The van der Waals surface area contributed by atoms with Gasteiger partial charge in [-0.1, -0.05) is 6.07 Å². The van der Waals surface area contributed by atoms with Crippen LogP contribution in [0.2, 0.25) is 0 Å². The summed E-state index contributed by atoms with van der Waals surface area (Å²) in [6, 6.07) is 13.2. The standard InChI is InChI=1S/C21H18N4O2/c26-20-8-5-15(12-23-20)14-3-6-18-17(11-14)24-21(27-18)16-4-7-19(22-13-16)25-9-1-2-10-25/h3-8,11-13H,1-2,9-10H2,(H,23,26). The molecule has 0 aliphatic carbocycles. The molecule has 3 aromatic heterocycles. The van der Waals surface area contributed by atoms with Gasteiger partial charge in [-0.2, -0.15) is 0 Å². The van der Waals surface area contributed by atoms with Crippen molar-refractivity contribution in [3.05, 3.63) is 65.2 Å². The van der Waals surface area contributed by atoms with Crippen molar-refractivity contribution in [1.29, 1.82) is 0 Å². The first-order chi connectivity index (χ1) is 13.3. The number of anilines is 1. The van der Waals surface area contributed by atoms with E-state index in [4.69, 9.17) is 4.42 Å². The molecule has 0 spiro atoms. The maximum atomic E-state index is 11.2. The van der Waals surface area contributed by atoms with Gasteiger partial charge in [0.2, 0.25) is 11.4 Å². The molecule has 0 bridgehead atoms. The van der Waals surface area contributed by atoms with Gasteiger partial charge in [-0.3, -0.25) is 4.79 Å². The molecule has 4 aromatic rings. The van der Waals surface area contributed by atoms with Gasteiger partial charge in [0.15, 0.2) is 5.58 Å². The molecule has 0 atom stereocenters. The summed E-state index contributed by atoms with van der Waals surface area (Å²) in [7, 11) is 0. The number of oxazole rings is 1. The molecule has 0 unspecified atom stereocenters. The molecule has 1 fully saturated rings. The Hall–Kier alpha value is -3.41. The Labute approximate surface area is 155 Å². The van der Waals surface area contributed by atoms with E-state index in [1.165, 1.54) is 18.9 Å². The molecule has 6 heteroatoms. The molecule has 1 aliphatic rings. The number of nitrogens with one attached hydrogen (secondary N) is 1. The van der Waals surface area contributed by atoms with Gasteiger partial charge in [-0.25, -0.2) is 9.97 Å². The fourth-order valence-electron chi connectivity index (χ4n) is 3.47. The molecule has 0 saturated carbocycles. The summed E-state index contributed by atoms with van der Waals surface area (Å²) in [6.07, 6.45) is 5.98. The summed E-state index contributed by atoms with van der Waals surface area (Å²) in [4.78, 5) is 25.4. The van der Waals surface area contributed by atoms with Gasteiger partial charge in [-0.15, -0.1) is 0 Å². The highest BCUT2D eigenvalue weighted by atomic mass is 16.3. The van der Waals surface area contributed by atoms with Crippen molar-refractivity contribution < 1.29 is 4.42 Å². The second-order valence-electron chi connectivity index (χ2n) is 6.74. The molecule has 0 amide bonds. The molecule has 1 aliphatic heterocycles. The highest BCUT2D eigenvalue weighted by molar-refractivity contribution is 5.82. The van der Waals surface area contributed by atoms with Crippen LogP contribution in [-0.4, -0.2) is 28.0 Å². The SMILES string of the molecule is O=c1ccc(-c2ccc3oc(-c4ccc(N5CCCC5)nc4)nc3c2)c[nH]1. The molecule has 0 radical (unpaired) electrons. The fourth-order valence-corrected chi connectivity index (χ4v) is 3.47. The Kier molecular flexibility index (Phi) is 3.74. The van der Waals surface area contributed by atoms with Crippen LogP contribution in [-0.2, 0) is 0 Å². The number of aromatic nitrogens is 3. The fraction of sp³-hybridized carbons (Fsp3) is 0.190. The first kappa shape index (κ1) is 15.8. The third kappa shape index (κ3) is 2.99. The summed E-state index contributed by atoms with van der Waals surface area (Å²) in [6.45, 7) is 2.14. The second kappa shape index (κ2) is 6.39. The van der Waals surface area contributed by atoms with E-state index in [2.05, 4.69) is 19.9 Å². The molecule has 1 aromatic carbocycles. The number of pyridine rings is 2. The molecular formula is C21H18N4O2. The van der Waals surface area contributed by atoms with Crippen LogP contribution >= 0.6 is 0 Å². The number of benzene rings is 1. The van der Waals surface area contributed by atoms with Gasteiger partial charge in [0.25, 0.3) is 0 Å². The van der Waals surface area contributed by atoms with Crippen molar-refractivity contribution in [2.24, 2.45) is 0 Å². The van der Waals surface area contributed by atoms with Crippen molar-refractivity contribution in [3.8, 4) is 22.6 Å². The zero-order chi connectivity index (χ0) is 18.2. The number of hydrogen-bond donors (Lipinski definition) is 1. The molecule has 1 N–H and O–H groups in total. The maximum absolute atomic E-state index is 11.2. The predicted molar refractivity (Wildman–Crippen MR) is 105 cm³/mol. The Morgan fingerprint density at radius 1 is 0.963 bits per heavy atom. The van der Waals surface area contributed by atoms with E-state index < -0.39 is 0 Å². The Morgan fingerprint density at radius 3 is 2.52 bits per heavy atom. The number of H-pyrrole nitrogens is 1. The van der Waals surface area contributed by atoms with E-state index in [0.29, 0.717) is 5.89 Å². The number of nitrogens with zero attached hydrogens (tertiary/aromatic N) is 3. The first-order valence-electron chi connectivity index (χ1n) is 9.07. The van der Waals surface area contributed by atoms with E-state index >= 15 is 0 Å². The normalized spacial score (nSPS) is 14.1. The number of rotatable bonds is 3. The van der Waals surface area contributed by atoms with Gasteiger partial charge < -0.3 is 14.3 Å². The lowest BCUT2D eigenvalue weighted by atomic mass is 10.1. The predicted octanol–water partition coefficient (Wildman–Crippen LogP) is 3.85. The maximum Gasteiger partial charge on any atom is 0.247 e. The number of aromatic amines is 1. The molecular weight excluding hydrogens is 340 g/mol. The summed E-state index contributed by atoms with van der Waals surface area (Å²) < 4.78 is 5.91. The number of fused-ring (bicyclic) bond motifs is 1. The minimum absolute atomic E-state index is 0.117. The lowest BCUT2D eigenvalue weighted by molar-refractivity contribution is 0.619. The van der Waals surface area contributed by atoms with Crippen LogP contribution in [0.4, 0.5) is 5.82 Å². The third-order valence-electron chi connectivity index (χ3n) is 4.93.